The summed E-state index contributed by atoms with van der Waals surface area (Å²) in [6.45, 7) is 3.47. The number of aromatic nitrogens is 2. The van der Waals surface area contributed by atoms with Crippen LogP contribution in [-0.4, -0.2) is 30.6 Å². The highest BCUT2D eigenvalue weighted by molar-refractivity contribution is 7.92. The van der Waals surface area contributed by atoms with Crippen LogP contribution in [0.5, 0.6) is 0 Å². The summed E-state index contributed by atoms with van der Waals surface area (Å²) in [6, 6.07) is 10.2. The summed E-state index contributed by atoms with van der Waals surface area (Å²) >= 11 is 0. The molecule has 0 fully saturated rings. The number of hydrogen-bond acceptors (Lipinski definition) is 4. The number of fused-ring (bicyclic) bond motifs is 2. The predicted molar refractivity (Wildman–Crippen MR) is 99.7 cm³/mol. The first-order valence-corrected chi connectivity index (χ1v) is 9.73. The van der Waals surface area contributed by atoms with Gasteiger partial charge in [0.05, 0.1) is 22.3 Å². The van der Waals surface area contributed by atoms with E-state index in [1.807, 2.05) is 13.0 Å². The highest BCUT2D eigenvalue weighted by Gasteiger charge is 2.30. The van der Waals surface area contributed by atoms with E-state index in [0.717, 1.165) is 16.6 Å². The molecule has 2 aromatic carbocycles. The van der Waals surface area contributed by atoms with Gasteiger partial charge in [0.1, 0.15) is 0 Å². The number of nitrogens with one attached hydrogen (secondary N) is 2. The second kappa shape index (κ2) is 5.84. The van der Waals surface area contributed by atoms with Gasteiger partial charge in [0.2, 0.25) is 5.91 Å². The molecule has 1 aliphatic heterocycles. The maximum atomic E-state index is 12.8. The van der Waals surface area contributed by atoms with Gasteiger partial charge >= 0.3 is 0 Å². The Bertz CT molecular complexity index is 1120. The van der Waals surface area contributed by atoms with E-state index < -0.39 is 10.0 Å². The second-order valence-electron chi connectivity index (χ2n) is 6.48. The number of nitrogens with zero attached hydrogens (tertiary/aromatic N) is 2. The number of anilines is 2. The van der Waals surface area contributed by atoms with Crippen molar-refractivity contribution in [1.29, 1.82) is 0 Å². The van der Waals surface area contributed by atoms with Crippen molar-refractivity contribution in [3.8, 4) is 0 Å². The first-order chi connectivity index (χ1) is 12.4. The molecule has 1 aliphatic rings. The van der Waals surface area contributed by atoms with Crippen molar-refractivity contribution in [3.63, 3.8) is 0 Å². The van der Waals surface area contributed by atoms with Crippen LogP contribution in [0, 0.1) is 0 Å². The van der Waals surface area contributed by atoms with Crippen LogP contribution in [-0.2, 0) is 21.2 Å². The molecule has 1 atom stereocenters. The number of aromatic amines is 1. The van der Waals surface area contributed by atoms with Gasteiger partial charge in [-0.15, -0.1) is 0 Å². The molecule has 0 saturated carbocycles. The van der Waals surface area contributed by atoms with Crippen LogP contribution in [0.3, 0.4) is 0 Å². The summed E-state index contributed by atoms with van der Waals surface area (Å²) in [6.07, 6.45) is 2.27. The number of benzene rings is 2. The van der Waals surface area contributed by atoms with Crippen LogP contribution in [0.4, 0.5) is 11.4 Å². The fraction of sp³-hybridized carbons (Fsp3) is 0.222. The Labute approximate surface area is 151 Å². The van der Waals surface area contributed by atoms with Crippen molar-refractivity contribution < 1.29 is 13.2 Å². The van der Waals surface area contributed by atoms with E-state index in [1.54, 1.807) is 35.4 Å². The fourth-order valence-electron chi connectivity index (χ4n) is 3.51. The topological polar surface area (TPSA) is 95.2 Å². The molecule has 26 heavy (non-hydrogen) atoms. The monoisotopic (exact) mass is 370 g/mol. The van der Waals surface area contributed by atoms with Crippen molar-refractivity contribution in [1.82, 2.24) is 10.2 Å². The Kier molecular flexibility index (Phi) is 3.73. The van der Waals surface area contributed by atoms with Gasteiger partial charge < -0.3 is 4.90 Å². The summed E-state index contributed by atoms with van der Waals surface area (Å²) in [5.74, 6) is -0.0455. The Morgan fingerprint density at radius 1 is 1.31 bits per heavy atom. The quantitative estimate of drug-likeness (QED) is 0.741. The van der Waals surface area contributed by atoms with E-state index >= 15 is 0 Å². The molecule has 0 aliphatic carbocycles. The van der Waals surface area contributed by atoms with Crippen LogP contribution in [0.15, 0.2) is 47.5 Å². The Balaban J connectivity index is 1.71. The largest absolute Gasteiger partial charge is 0.309 e. The molecule has 0 unspecified atom stereocenters. The van der Waals surface area contributed by atoms with Gasteiger partial charge in [-0.05, 0) is 43.2 Å². The molecule has 0 saturated heterocycles. The van der Waals surface area contributed by atoms with Gasteiger partial charge in [0.15, 0.2) is 0 Å². The van der Waals surface area contributed by atoms with E-state index in [-0.39, 0.29) is 16.8 Å². The molecular formula is C18H18N4O3S. The third-order valence-corrected chi connectivity index (χ3v) is 6.00. The average molecular weight is 370 g/mol. The number of para-hydroxylation sites is 1. The van der Waals surface area contributed by atoms with E-state index in [1.165, 1.54) is 13.0 Å². The lowest BCUT2D eigenvalue weighted by atomic mass is 10.1. The zero-order valence-corrected chi connectivity index (χ0v) is 15.2. The molecule has 0 radical (unpaired) electrons. The summed E-state index contributed by atoms with van der Waals surface area (Å²) in [5, 5.41) is 7.58. The Hall–Kier alpha value is -2.87. The van der Waals surface area contributed by atoms with E-state index in [2.05, 4.69) is 14.9 Å². The third kappa shape index (κ3) is 2.62. The van der Waals surface area contributed by atoms with E-state index in [0.29, 0.717) is 17.6 Å². The molecule has 134 valence electrons. The van der Waals surface area contributed by atoms with Crippen LogP contribution in [0.25, 0.3) is 10.9 Å². The van der Waals surface area contributed by atoms with E-state index in [9.17, 15) is 13.2 Å². The maximum absolute atomic E-state index is 12.8. The van der Waals surface area contributed by atoms with Crippen molar-refractivity contribution in [2.75, 3.05) is 9.62 Å². The van der Waals surface area contributed by atoms with Gasteiger partial charge in [0.25, 0.3) is 10.0 Å². The molecule has 7 nitrogen and oxygen atoms in total. The van der Waals surface area contributed by atoms with Gasteiger partial charge in [-0.1, -0.05) is 12.1 Å². The lowest BCUT2D eigenvalue weighted by molar-refractivity contribution is -0.116. The van der Waals surface area contributed by atoms with Gasteiger partial charge in [-0.2, -0.15) is 5.10 Å². The molecule has 0 bridgehead atoms. The Morgan fingerprint density at radius 2 is 2.12 bits per heavy atom. The van der Waals surface area contributed by atoms with Crippen molar-refractivity contribution in [2.24, 2.45) is 0 Å². The van der Waals surface area contributed by atoms with E-state index in [4.69, 9.17) is 0 Å². The fourth-order valence-corrected chi connectivity index (χ4v) is 4.63. The second-order valence-corrected chi connectivity index (χ2v) is 8.16. The molecule has 8 heteroatoms. The summed E-state index contributed by atoms with van der Waals surface area (Å²) in [5.41, 5.74) is 2.71. The highest BCUT2D eigenvalue weighted by atomic mass is 32.2. The highest BCUT2D eigenvalue weighted by Crippen LogP contribution is 2.34. The van der Waals surface area contributed by atoms with Crippen LogP contribution in [0.2, 0.25) is 0 Å². The smallest absolute Gasteiger partial charge is 0.261 e. The number of carbonyl (C=O) groups excluding carboxylic acids is 1. The van der Waals surface area contributed by atoms with Crippen LogP contribution < -0.4 is 9.62 Å². The standard InChI is InChI=1S/C18H18N4O3S/c1-11-8-14-9-15(6-7-17(14)22(11)12(2)23)26(24,25)21-16-5-3-4-13-10-19-20-18(13)16/h3-7,9-11,21H,8H2,1-2H3,(H,19,20)/t11-/m0/s1. The Morgan fingerprint density at radius 3 is 2.88 bits per heavy atom. The number of sulfonamides is 1. The number of H-pyrrole nitrogens is 1. The average Bonchev–Trinajstić information content (AvgIpc) is 3.17. The maximum Gasteiger partial charge on any atom is 0.261 e. The summed E-state index contributed by atoms with van der Waals surface area (Å²) < 4.78 is 28.3. The SMILES string of the molecule is CC(=O)N1c2ccc(S(=O)(=O)Nc3cccc4cn[nH]c34)cc2C[C@@H]1C. The van der Waals surface area contributed by atoms with Gasteiger partial charge in [-0.3, -0.25) is 14.6 Å². The summed E-state index contributed by atoms with van der Waals surface area (Å²) in [4.78, 5) is 13.7. The first kappa shape index (κ1) is 16.6. The first-order valence-electron chi connectivity index (χ1n) is 8.24. The zero-order chi connectivity index (χ0) is 18.5. The molecule has 1 aromatic heterocycles. The predicted octanol–water partition coefficient (Wildman–Crippen LogP) is 2.66. The van der Waals surface area contributed by atoms with Crippen molar-refractivity contribution in [2.45, 2.75) is 31.2 Å². The van der Waals surface area contributed by atoms with Crippen LogP contribution in [0.1, 0.15) is 19.4 Å². The molecule has 2 heterocycles. The molecule has 4 rings (SSSR count). The molecular weight excluding hydrogens is 352 g/mol. The normalized spacial score (nSPS) is 16.7. The van der Waals surface area contributed by atoms with Crippen molar-refractivity contribution >= 4 is 38.2 Å². The van der Waals surface area contributed by atoms with Crippen LogP contribution >= 0.6 is 0 Å². The molecule has 1 amide bonds. The number of hydrogen-bond donors (Lipinski definition) is 2. The minimum Gasteiger partial charge on any atom is -0.309 e. The lowest BCUT2D eigenvalue weighted by Gasteiger charge is -2.20. The van der Waals surface area contributed by atoms with Gasteiger partial charge in [-0.25, -0.2) is 8.42 Å². The third-order valence-electron chi connectivity index (χ3n) is 4.64. The van der Waals surface area contributed by atoms with Crippen molar-refractivity contribution in [3.05, 3.63) is 48.2 Å². The number of carbonyl (C=O) groups is 1. The number of amides is 1. The summed E-state index contributed by atoms with van der Waals surface area (Å²) in [7, 11) is -3.76. The zero-order valence-electron chi connectivity index (χ0n) is 14.4. The molecule has 2 N–H and O–H groups in total. The molecule has 0 spiro atoms. The molecule has 3 aromatic rings. The minimum atomic E-state index is -3.76. The van der Waals surface area contributed by atoms with Gasteiger partial charge in [0, 0.05) is 24.0 Å². The lowest BCUT2D eigenvalue weighted by Crippen LogP contribution is -2.33. The minimum absolute atomic E-state index is 0.0205. The number of rotatable bonds is 3.